The second kappa shape index (κ2) is 10.1. The van der Waals surface area contributed by atoms with E-state index >= 15 is 0 Å². The Morgan fingerprint density at radius 2 is 1.73 bits per heavy atom. The lowest BCUT2D eigenvalue weighted by molar-refractivity contribution is -0.141. The van der Waals surface area contributed by atoms with Gasteiger partial charge in [-0.1, -0.05) is 12.1 Å². The minimum atomic E-state index is -0.299. The molecular formula is C26H37FN2O4. The Kier molecular flexibility index (Phi) is 7.41. The number of hydrogen-bond acceptors (Lipinski definition) is 5. The van der Waals surface area contributed by atoms with Gasteiger partial charge >= 0.3 is 0 Å². The largest absolute Gasteiger partial charge is 0.489 e. The zero-order valence-electron chi connectivity index (χ0n) is 19.7. The quantitative estimate of drug-likeness (QED) is 0.586. The first-order valence-electron chi connectivity index (χ1n) is 12.1. The molecule has 1 aromatic rings. The van der Waals surface area contributed by atoms with Crippen LogP contribution in [0.3, 0.4) is 0 Å². The van der Waals surface area contributed by atoms with Crippen LogP contribution in [-0.2, 0) is 19.7 Å². The summed E-state index contributed by atoms with van der Waals surface area (Å²) in [4.78, 5) is 13.3. The van der Waals surface area contributed by atoms with E-state index in [1.165, 1.54) is 5.56 Å². The van der Waals surface area contributed by atoms with Crippen molar-refractivity contribution in [2.75, 3.05) is 40.0 Å². The molecule has 0 radical (unpaired) electrons. The van der Waals surface area contributed by atoms with Gasteiger partial charge in [0.2, 0.25) is 5.91 Å². The van der Waals surface area contributed by atoms with Crippen LogP contribution in [0.4, 0.5) is 4.39 Å². The summed E-state index contributed by atoms with van der Waals surface area (Å²) in [6.07, 6.45) is 7.96. The second-order valence-corrected chi connectivity index (χ2v) is 10.0. The number of hydrogen-bond donors (Lipinski definition) is 2. The molecule has 4 aliphatic rings. The predicted molar refractivity (Wildman–Crippen MR) is 125 cm³/mol. The molecule has 4 fully saturated rings. The summed E-state index contributed by atoms with van der Waals surface area (Å²) < 4.78 is 29.6. The number of rotatable bonds is 9. The Morgan fingerprint density at radius 3 is 2.27 bits per heavy atom. The van der Waals surface area contributed by atoms with Crippen molar-refractivity contribution in [1.82, 2.24) is 5.32 Å². The Labute approximate surface area is 196 Å². The number of carbonyl (C=O) groups is 1. The summed E-state index contributed by atoms with van der Waals surface area (Å²) in [6.45, 7) is 2.23. The maximum Gasteiger partial charge on any atom is 0.226 e. The molecule has 3 aliphatic carbocycles. The third-order valence-corrected chi connectivity index (χ3v) is 8.44. The number of nitrogens with two attached hydrogens (primary N) is 1. The van der Waals surface area contributed by atoms with Gasteiger partial charge in [-0.25, -0.2) is 4.39 Å². The molecule has 3 saturated carbocycles. The molecular weight excluding hydrogens is 423 g/mol. The molecule has 1 aliphatic heterocycles. The van der Waals surface area contributed by atoms with Crippen LogP contribution in [-0.4, -0.2) is 51.5 Å². The summed E-state index contributed by atoms with van der Waals surface area (Å²) in [7, 11) is 1.73. The number of ether oxygens (including phenoxy) is 3. The van der Waals surface area contributed by atoms with Gasteiger partial charge in [-0.2, -0.15) is 0 Å². The standard InChI is InChI=1S/C26H37FN2O4/c1-31-26(12-14-32-15-13-26)19-29-23(30)25-9-6-24(7-10-25,8-11-25)21-2-4-22(5-3-21)33-18-20(16-27)17-28/h2-5,16H,6-15,17-19,28H2,1H3,(H,29,30). The number of carbonyl (C=O) groups excluding carboxylic acids is 1. The molecule has 182 valence electrons. The van der Waals surface area contributed by atoms with Crippen molar-refractivity contribution < 1.29 is 23.4 Å². The summed E-state index contributed by atoms with van der Waals surface area (Å²) >= 11 is 0. The number of benzene rings is 1. The lowest BCUT2D eigenvalue weighted by Crippen LogP contribution is -2.55. The van der Waals surface area contributed by atoms with E-state index in [0.717, 1.165) is 51.4 Å². The smallest absolute Gasteiger partial charge is 0.226 e. The fourth-order valence-electron chi connectivity index (χ4n) is 5.80. The normalized spacial score (nSPS) is 29.0. The molecule has 33 heavy (non-hydrogen) atoms. The molecule has 1 aromatic carbocycles. The van der Waals surface area contributed by atoms with Crippen molar-refractivity contribution in [3.63, 3.8) is 0 Å². The number of methoxy groups -OCH3 is 1. The number of fused-ring (bicyclic) bond motifs is 3. The SMILES string of the molecule is COC1(CNC(=O)C23CCC(c4ccc(OCC(=CF)CN)cc4)(CC2)CC3)CCOCC1. The topological polar surface area (TPSA) is 82.8 Å². The lowest BCUT2D eigenvalue weighted by Gasteiger charge is -2.53. The van der Waals surface area contributed by atoms with Crippen LogP contribution in [0.25, 0.3) is 0 Å². The van der Waals surface area contributed by atoms with E-state index in [-0.39, 0.29) is 35.5 Å². The Bertz CT molecular complexity index is 824. The minimum Gasteiger partial charge on any atom is -0.489 e. The van der Waals surface area contributed by atoms with Crippen LogP contribution < -0.4 is 15.8 Å². The van der Waals surface area contributed by atoms with E-state index in [9.17, 15) is 9.18 Å². The minimum absolute atomic E-state index is 0.135. The van der Waals surface area contributed by atoms with Crippen molar-refractivity contribution in [2.24, 2.45) is 11.1 Å². The van der Waals surface area contributed by atoms with Crippen LogP contribution in [0, 0.1) is 5.41 Å². The van der Waals surface area contributed by atoms with Gasteiger partial charge in [0.1, 0.15) is 12.4 Å². The van der Waals surface area contributed by atoms with E-state index in [2.05, 4.69) is 17.4 Å². The van der Waals surface area contributed by atoms with Gasteiger partial charge in [0.05, 0.1) is 11.9 Å². The van der Waals surface area contributed by atoms with E-state index < -0.39 is 0 Å². The highest BCUT2D eigenvalue weighted by atomic mass is 19.1. The molecule has 1 amide bonds. The van der Waals surface area contributed by atoms with E-state index in [1.54, 1.807) is 7.11 Å². The first-order valence-corrected chi connectivity index (χ1v) is 12.1. The Balaban J connectivity index is 1.34. The molecule has 1 heterocycles. The van der Waals surface area contributed by atoms with Gasteiger partial charge in [0, 0.05) is 57.2 Å². The third kappa shape index (κ3) is 4.96. The molecule has 5 rings (SSSR count). The Hall–Kier alpha value is -1.96. The highest BCUT2D eigenvalue weighted by Gasteiger charge is 2.53. The molecule has 0 aromatic heterocycles. The maximum atomic E-state index is 13.3. The molecule has 3 N–H and O–H groups in total. The van der Waals surface area contributed by atoms with E-state index in [0.29, 0.717) is 37.4 Å². The third-order valence-electron chi connectivity index (χ3n) is 8.44. The van der Waals surface area contributed by atoms with E-state index in [1.807, 2.05) is 12.1 Å². The number of amides is 1. The molecule has 2 bridgehead atoms. The predicted octanol–water partition coefficient (Wildman–Crippen LogP) is 3.78. The fourth-order valence-corrected chi connectivity index (χ4v) is 5.80. The van der Waals surface area contributed by atoms with Crippen LogP contribution >= 0.6 is 0 Å². The zero-order valence-corrected chi connectivity index (χ0v) is 19.7. The van der Waals surface area contributed by atoms with Gasteiger partial charge in [-0.3, -0.25) is 4.79 Å². The highest BCUT2D eigenvalue weighted by Crippen LogP contribution is 2.58. The van der Waals surface area contributed by atoms with Crippen molar-refractivity contribution >= 4 is 5.91 Å². The molecule has 0 atom stereocenters. The number of nitrogens with one attached hydrogen (secondary N) is 1. The molecule has 7 heteroatoms. The van der Waals surface area contributed by atoms with Gasteiger partial charge in [-0.05, 0) is 61.6 Å². The average molecular weight is 461 g/mol. The van der Waals surface area contributed by atoms with Gasteiger partial charge < -0.3 is 25.3 Å². The van der Waals surface area contributed by atoms with Gasteiger partial charge in [-0.15, -0.1) is 0 Å². The van der Waals surface area contributed by atoms with Gasteiger partial charge in [0.25, 0.3) is 0 Å². The summed E-state index contributed by atoms with van der Waals surface area (Å²) in [6, 6.07) is 8.17. The van der Waals surface area contributed by atoms with Crippen molar-refractivity contribution in [1.29, 1.82) is 0 Å². The van der Waals surface area contributed by atoms with E-state index in [4.69, 9.17) is 19.9 Å². The van der Waals surface area contributed by atoms with Crippen molar-refractivity contribution in [3.05, 3.63) is 41.7 Å². The summed E-state index contributed by atoms with van der Waals surface area (Å²) in [5, 5.41) is 3.25. The molecule has 0 spiro atoms. The molecule has 0 unspecified atom stereocenters. The summed E-state index contributed by atoms with van der Waals surface area (Å²) in [5.74, 6) is 0.905. The first kappa shape index (κ1) is 24.2. The highest BCUT2D eigenvalue weighted by molar-refractivity contribution is 5.83. The van der Waals surface area contributed by atoms with Crippen molar-refractivity contribution in [3.8, 4) is 5.75 Å². The lowest BCUT2D eigenvalue weighted by atomic mass is 9.51. The molecule has 6 nitrogen and oxygen atoms in total. The summed E-state index contributed by atoms with van der Waals surface area (Å²) in [5.41, 5.74) is 6.81. The average Bonchev–Trinajstić information content (AvgIpc) is 2.90. The van der Waals surface area contributed by atoms with Crippen LogP contribution in [0.1, 0.15) is 56.9 Å². The maximum absolute atomic E-state index is 13.3. The van der Waals surface area contributed by atoms with Crippen molar-refractivity contribution in [2.45, 2.75) is 62.4 Å². The van der Waals surface area contributed by atoms with Crippen LogP contribution in [0.5, 0.6) is 5.75 Å². The van der Waals surface area contributed by atoms with Crippen LogP contribution in [0.15, 0.2) is 36.2 Å². The van der Waals surface area contributed by atoms with Gasteiger partial charge in [0.15, 0.2) is 0 Å². The Morgan fingerprint density at radius 1 is 1.09 bits per heavy atom. The fraction of sp³-hybridized carbons (Fsp3) is 0.654. The first-order chi connectivity index (χ1) is 16.0. The van der Waals surface area contributed by atoms with Crippen LogP contribution in [0.2, 0.25) is 0 Å². The second-order valence-electron chi connectivity index (χ2n) is 10.0. The number of halogens is 1. The monoisotopic (exact) mass is 460 g/mol. The zero-order chi connectivity index (χ0) is 23.4. The molecule has 1 saturated heterocycles.